The number of ether oxygens (including phenoxy) is 5. The number of phosphoric acid groups is 2. The topological polar surface area (TPSA) is 163 Å². The first-order chi connectivity index (χ1) is 16.4. The molecule has 0 saturated carbocycles. The molecule has 198 valence electrons. The summed E-state index contributed by atoms with van der Waals surface area (Å²) in [6.45, 7) is 0.884. The van der Waals surface area contributed by atoms with Gasteiger partial charge in [0.2, 0.25) is 0 Å². The second-order valence-electron chi connectivity index (χ2n) is 8.62. The van der Waals surface area contributed by atoms with Crippen molar-refractivity contribution in [2.75, 3.05) is 34.0 Å². The maximum Gasteiger partial charge on any atom is 0.268 e. The van der Waals surface area contributed by atoms with Gasteiger partial charge in [-0.05, 0) is 19.8 Å². The smallest absolute Gasteiger partial charge is 0.268 e. The van der Waals surface area contributed by atoms with Crippen molar-refractivity contribution in [1.29, 1.82) is 0 Å². The Morgan fingerprint density at radius 3 is 1.74 bits per heavy atom. The maximum absolute atomic E-state index is 12.4. The second-order valence-corrected chi connectivity index (χ2v) is 11.3. The minimum absolute atomic E-state index is 0.0826. The van der Waals surface area contributed by atoms with E-state index in [1.165, 1.54) is 14.2 Å². The molecule has 3 heterocycles. The SMILES string of the molecule is [B][C@H]1C[C@@H](OC)[C@@H](COP(=O)([O-])O[C@@H]2C[C@H](C)O[C@@H]2COP(=O)([O-])O[C@@H]2C[C@H]([B])O[C@@H]2COC)O1. The molecule has 0 amide bonds. The molecule has 4 radical (unpaired) electrons. The zero-order valence-electron chi connectivity index (χ0n) is 19.8. The first kappa shape index (κ1) is 29.7. The van der Waals surface area contributed by atoms with E-state index >= 15 is 0 Å². The molecule has 0 N–H and O–H groups in total. The fourth-order valence-corrected chi connectivity index (χ4v) is 6.10. The van der Waals surface area contributed by atoms with Crippen LogP contribution in [0.5, 0.6) is 0 Å². The van der Waals surface area contributed by atoms with Crippen LogP contribution in [0.1, 0.15) is 26.2 Å². The minimum Gasteiger partial charge on any atom is -0.756 e. The third-order valence-corrected chi connectivity index (χ3v) is 7.79. The Labute approximate surface area is 207 Å². The average molecular weight is 538 g/mol. The molecule has 0 bridgehead atoms. The van der Waals surface area contributed by atoms with Gasteiger partial charge in [0, 0.05) is 32.6 Å². The summed E-state index contributed by atoms with van der Waals surface area (Å²) in [5.41, 5.74) is 0. The minimum atomic E-state index is -4.82. The van der Waals surface area contributed by atoms with Crippen molar-refractivity contribution in [1.82, 2.24) is 0 Å². The lowest BCUT2D eigenvalue weighted by Crippen LogP contribution is -2.33. The van der Waals surface area contributed by atoms with E-state index in [4.69, 9.17) is 57.5 Å². The van der Waals surface area contributed by atoms with Crippen molar-refractivity contribution in [2.24, 2.45) is 0 Å². The summed E-state index contributed by atoms with van der Waals surface area (Å²) >= 11 is 0. The number of phosphoric ester groups is 2. The van der Waals surface area contributed by atoms with Crippen LogP contribution in [0.15, 0.2) is 0 Å². The van der Waals surface area contributed by atoms with Gasteiger partial charge in [0.15, 0.2) is 0 Å². The van der Waals surface area contributed by atoms with Gasteiger partial charge in [-0.15, -0.1) is 0 Å². The van der Waals surface area contributed by atoms with Gasteiger partial charge in [-0.3, -0.25) is 9.13 Å². The molecule has 0 aromatic rings. The number of hydrogen-bond acceptors (Lipinski definition) is 13. The Balaban J connectivity index is 1.51. The highest BCUT2D eigenvalue weighted by atomic mass is 31.2. The molecule has 13 nitrogen and oxygen atoms in total. The fraction of sp³-hybridized carbons (Fsp3) is 1.00. The molecule has 11 atom stereocenters. The molecular formula is C18H30B2O13P2-2. The summed E-state index contributed by atoms with van der Waals surface area (Å²) in [7, 11) is 4.66. The van der Waals surface area contributed by atoms with E-state index in [2.05, 4.69) is 0 Å². The average Bonchev–Trinajstić information content (AvgIpc) is 3.41. The summed E-state index contributed by atoms with van der Waals surface area (Å²) in [5.74, 6) is 0. The summed E-state index contributed by atoms with van der Waals surface area (Å²) < 4.78 is 71.5. The predicted molar refractivity (Wildman–Crippen MR) is 117 cm³/mol. The van der Waals surface area contributed by atoms with Gasteiger partial charge in [0.1, 0.15) is 34.0 Å². The van der Waals surface area contributed by atoms with Crippen molar-refractivity contribution < 1.29 is 60.7 Å². The van der Waals surface area contributed by atoms with Crippen LogP contribution in [-0.2, 0) is 50.9 Å². The quantitative estimate of drug-likeness (QED) is 0.210. The number of methoxy groups -OCH3 is 2. The van der Waals surface area contributed by atoms with E-state index in [0.29, 0.717) is 6.42 Å². The van der Waals surface area contributed by atoms with Crippen molar-refractivity contribution >= 4 is 31.3 Å². The van der Waals surface area contributed by atoms with E-state index in [1.54, 1.807) is 6.92 Å². The Bertz CT molecular complexity index is 779. The highest BCUT2D eigenvalue weighted by Crippen LogP contribution is 2.47. The van der Waals surface area contributed by atoms with Crippen LogP contribution in [0, 0.1) is 0 Å². The molecule has 0 aromatic carbocycles. The van der Waals surface area contributed by atoms with Gasteiger partial charge >= 0.3 is 0 Å². The van der Waals surface area contributed by atoms with Crippen LogP contribution in [-0.4, -0.2) is 104 Å². The molecule has 2 unspecified atom stereocenters. The summed E-state index contributed by atoms with van der Waals surface area (Å²) in [4.78, 5) is 24.8. The van der Waals surface area contributed by atoms with Gasteiger partial charge in [-0.2, -0.15) is 0 Å². The molecule has 3 fully saturated rings. The van der Waals surface area contributed by atoms with E-state index in [-0.39, 0.29) is 26.1 Å². The van der Waals surface area contributed by atoms with E-state index in [9.17, 15) is 18.9 Å². The zero-order valence-corrected chi connectivity index (χ0v) is 21.6. The third-order valence-electron chi connectivity index (χ3n) is 5.80. The van der Waals surface area contributed by atoms with Crippen LogP contribution < -0.4 is 9.79 Å². The maximum atomic E-state index is 12.4. The normalized spacial score (nSPS) is 41.1. The predicted octanol–water partition coefficient (Wildman–Crippen LogP) is -0.867. The number of rotatable bonds is 13. The monoisotopic (exact) mass is 538 g/mol. The zero-order chi connectivity index (χ0) is 25.8. The Morgan fingerprint density at radius 1 is 0.771 bits per heavy atom. The van der Waals surface area contributed by atoms with Gasteiger partial charge in [-0.1, -0.05) is 0 Å². The Hall–Kier alpha value is 0.150. The van der Waals surface area contributed by atoms with Gasteiger partial charge in [0.25, 0.3) is 15.6 Å². The van der Waals surface area contributed by atoms with Crippen molar-refractivity contribution in [3.8, 4) is 0 Å². The second kappa shape index (κ2) is 12.8. The first-order valence-electron chi connectivity index (χ1n) is 11.2. The van der Waals surface area contributed by atoms with Gasteiger partial charge < -0.3 is 51.6 Å². The molecule has 0 aliphatic carbocycles. The third kappa shape index (κ3) is 8.85. The molecule has 0 aromatic heterocycles. The molecule has 17 heteroatoms. The lowest BCUT2D eigenvalue weighted by atomic mass is 9.96. The van der Waals surface area contributed by atoms with Crippen molar-refractivity contribution in [3.05, 3.63) is 0 Å². The largest absolute Gasteiger partial charge is 0.756 e. The molecule has 3 aliphatic heterocycles. The fourth-order valence-electron chi connectivity index (χ4n) is 4.21. The molecule has 3 aliphatic rings. The van der Waals surface area contributed by atoms with Crippen LogP contribution >= 0.6 is 15.6 Å². The van der Waals surface area contributed by atoms with Crippen LogP contribution in [0.3, 0.4) is 0 Å². The molecule has 3 rings (SSSR count). The van der Waals surface area contributed by atoms with Crippen LogP contribution in [0.2, 0.25) is 0 Å². The van der Waals surface area contributed by atoms with E-state index < -0.39 is 77.0 Å². The van der Waals surface area contributed by atoms with Crippen LogP contribution in [0.25, 0.3) is 0 Å². The molecule has 35 heavy (non-hydrogen) atoms. The number of hydrogen-bond donors (Lipinski definition) is 0. The van der Waals surface area contributed by atoms with Gasteiger partial charge in [0.05, 0.1) is 44.2 Å². The first-order valence-corrected chi connectivity index (χ1v) is 14.1. The van der Waals surface area contributed by atoms with Crippen LogP contribution in [0.4, 0.5) is 0 Å². The highest BCUT2D eigenvalue weighted by Gasteiger charge is 2.40. The molecule has 0 spiro atoms. The van der Waals surface area contributed by atoms with Crippen molar-refractivity contribution in [3.63, 3.8) is 0 Å². The highest BCUT2D eigenvalue weighted by molar-refractivity contribution is 7.46. The lowest BCUT2D eigenvalue weighted by Gasteiger charge is -2.32. The van der Waals surface area contributed by atoms with E-state index in [1.807, 2.05) is 0 Å². The summed E-state index contributed by atoms with van der Waals surface area (Å²) in [6, 6.07) is -1.29. The molecule has 3 saturated heterocycles. The Kier molecular flexibility index (Phi) is 10.9. The lowest BCUT2D eigenvalue weighted by molar-refractivity contribution is -0.237. The van der Waals surface area contributed by atoms with Gasteiger partial charge in [-0.25, -0.2) is 0 Å². The summed E-state index contributed by atoms with van der Waals surface area (Å²) in [6.07, 6.45) is -4.45. The summed E-state index contributed by atoms with van der Waals surface area (Å²) in [5, 5.41) is 0. The molecular weight excluding hydrogens is 508 g/mol. The Morgan fingerprint density at radius 2 is 1.23 bits per heavy atom. The van der Waals surface area contributed by atoms with E-state index in [0.717, 1.165) is 0 Å². The van der Waals surface area contributed by atoms with Crippen molar-refractivity contribution in [2.45, 2.75) is 80.9 Å². The standard InChI is InChI=1S/C18H32B2O13P2/c1-10-4-12(32-34(21,22)27-8-15-11(26-3)5-17(19)31-15)16(29-10)9-28-35(23,24)33-13-6-18(20)30-14(13)7-25-2/h10-18H,4-9H2,1-3H3,(H,21,22)(H,23,24)/p-2/t10-,11+,12+,13+,14+,15+,16+,17+,18+/m0/s1.